The van der Waals surface area contributed by atoms with Crippen molar-refractivity contribution < 1.29 is 9.47 Å². The standard InChI is InChI=1S/C16H32O2/c1-4-7-12-16(5-2)15-18-14-11-9-8-10-13-17-6-3/h8-9,16H,4-7,10-15H2,1-3H3. The SMILES string of the molecule is CCCCC(CC)COCCC=CCCOCC. The average molecular weight is 256 g/mol. The van der Waals surface area contributed by atoms with Gasteiger partial charge in [-0.2, -0.15) is 0 Å². The summed E-state index contributed by atoms with van der Waals surface area (Å²) in [4.78, 5) is 0. The molecule has 18 heavy (non-hydrogen) atoms. The van der Waals surface area contributed by atoms with Crippen LogP contribution in [-0.4, -0.2) is 26.4 Å². The highest BCUT2D eigenvalue weighted by Gasteiger charge is 2.04. The van der Waals surface area contributed by atoms with Gasteiger partial charge >= 0.3 is 0 Å². The number of unbranched alkanes of at least 4 members (excludes halogenated alkanes) is 1. The fourth-order valence-electron chi connectivity index (χ4n) is 1.83. The van der Waals surface area contributed by atoms with Crippen molar-refractivity contribution in [3.63, 3.8) is 0 Å². The van der Waals surface area contributed by atoms with Gasteiger partial charge in [-0.05, 0) is 32.1 Å². The van der Waals surface area contributed by atoms with Gasteiger partial charge in [0.2, 0.25) is 0 Å². The van der Waals surface area contributed by atoms with E-state index in [-0.39, 0.29) is 0 Å². The van der Waals surface area contributed by atoms with E-state index in [1.54, 1.807) is 0 Å². The van der Waals surface area contributed by atoms with E-state index in [0.29, 0.717) is 0 Å². The third kappa shape index (κ3) is 12.1. The van der Waals surface area contributed by atoms with E-state index < -0.39 is 0 Å². The molecule has 2 heteroatoms. The smallest absolute Gasteiger partial charge is 0.0500 e. The number of rotatable bonds is 13. The molecule has 0 aromatic carbocycles. The predicted octanol–water partition coefficient (Wildman–Crippen LogP) is 4.59. The van der Waals surface area contributed by atoms with Crippen LogP contribution in [0.1, 0.15) is 59.3 Å². The van der Waals surface area contributed by atoms with Gasteiger partial charge in [0.05, 0.1) is 6.61 Å². The predicted molar refractivity (Wildman–Crippen MR) is 79.0 cm³/mol. The zero-order chi connectivity index (χ0) is 13.5. The Morgan fingerprint density at radius 1 is 0.944 bits per heavy atom. The van der Waals surface area contributed by atoms with Crippen LogP contribution in [0, 0.1) is 5.92 Å². The van der Waals surface area contributed by atoms with Crippen LogP contribution in [0.4, 0.5) is 0 Å². The lowest BCUT2D eigenvalue weighted by atomic mass is 10.0. The fourth-order valence-corrected chi connectivity index (χ4v) is 1.83. The molecule has 0 rings (SSSR count). The van der Waals surface area contributed by atoms with Crippen molar-refractivity contribution in [2.75, 3.05) is 26.4 Å². The Hall–Kier alpha value is -0.340. The average Bonchev–Trinajstić information content (AvgIpc) is 2.40. The molecule has 0 aliphatic carbocycles. The minimum absolute atomic E-state index is 0.756. The molecule has 0 saturated heterocycles. The Morgan fingerprint density at radius 3 is 2.17 bits per heavy atom. The van der Waals surface area contributed by atoms with Crippen molar-refractivity contribution in [1.29, 1.82) is 0 Å². The summed E-state index contributed by atoms with van der Waals surface area (Å²) in [5.41, 5.74) is 0. The van der Waals surface area contributed by atoms with E-state index in [9.17, 15) is 0 Å². The van der Waals surface area contributed by atoms with Gasteiger partial charge in [-0.25, -0.2) is 0 Å². The van der Waals surface area contributed by atoms with E-state index >= 15 is 0 Å². The van der Waals surface area contributed by atoms with Gasteiger partial charge < -0.3 is 9.47 Å². The Bertz CT molecular complexity index is 178. The lowest BCUT2D eigenvalue weighted by Gasteiger charge is -2.14. The first-order valence-corrected chi connectivity index (χ1v) is 7.65. The Balaban J connectivity index is 3.31. The molecule has 0 aliphatic rings. The molecule has 0 aromatic heterocycles. The van der Waals surface area contributed by atoms with Crippen molar-refractivity contribution in [3.8, 4) is 0 Å². The van der Waals surface area contributed by atoms with Crippen molar-refractivity contribution in [2.45, 2.75) is 59.3 Å². The summed E-state index contributed by atoms with van der Waals surface area (Å²) in [5.74, 6) is 0.756. The Labute approximate surface area is 114 Å². The summed E-state index contributed by atoms with van der Waals surface area (Å²) in [6, 6.07) is 0. The molecule has 0 amide bonds. The van der Waals surface area contributed by atoms with Crippen LogP contribution in [0.3, 0.4) is 0 Å². The zero-order valence-electron chi connectivity index (χ0n) is 12.6. The largest absolute Gasteiger partial charge is 0.381 e. The molecule has 0 fully saturated rings. The lowest BCUT2D eigenvalue weighted by Crippen LogP contribution is -2.09. The second-order valence-corrected chi connectivity index (χ2v) is 4.74. The molecule has 0 saturated carbocycles. The fraction of sp³-hybridized carbons (Fsp3) is 0.875. The molecular weight excluding hydrogens is 224 g/mol. The highest BCUT2D eigenvalue weighted by atomic mass is 16.5. The van der Waals surface area contributed by atoms with Crippen molar-refractivity contribution in [1.82, 2.24) is 0 Å². The number of ether oxygens (including phenoxy) is 2. The van der Waals surface area contributed by atoms with Crippen LogP contribution in [0.5, 0.6) is 0 Å². The monoisotopic (exact) mass is 256 g/mol. The van der Waals surface area contributed by atoms with Gasteiger partial charge in [-0.1, -0.05) is 45.3 Å². The number of hydrogen-bond acceptors (Lipinski definition) is 2. The molecule has 0 aliphatic heterocycles. The summed E-state index contributed by atoms with van der Waals surface area (Å²) in [6.45, 7) is 9.98. The summed E-state index contributed by atoms with van der Waals surface area (Å²) in [5, 5.41) is 0. The van der Waals surface area contributed by atoms with E-state index in [2.05, 4.69) is 26.0 Å². The van der Waals surface area contributed by atoms with E-state index in [1.807, 2.05) is 6.92 Å². The van der Waals surface area contributed by atoms with E-state index in [1.165, 1.54) is 25.7 Å². The third-order valence-electron chi connectivity index (χ3n) is 3.13. The van der Waals surface area contributed by atoms with Crippen LogP contribution in [0.25, 0.3) is 0 Å². The van der Waals surface area contributed by atoms with Crippen molar-refractivity contribution in [3.05, 3.63) is 12.2 Å². The Kier molecular flexibility index (Phi) is 14.4. The first-order chi connectivity index (χ1) is 8.85. The number of hydrogen-bond donors (Lipinski definition) is 0. The molecule has 0 radical (unpaired) electrons. The molecule has 2 nitrogen and oxygen atoms in total. The summed E-state index contributed by atoms with van der Waals surface area (Å²) < 4.78 is 11.0. The summed E-state index contributed by atoms with van der Waals surface area (Å²) in [6.07, 6.45) is 11.6. The van der Waals surface area contributed by atoms with Gasteiger partial charge in [-0.15, -0.1) is 0 Å². The molecule has 0 spiro atoms. The molecular formula is C16H32O2. The van der Waals surface area contributed by atoms with Gasteiger partial charge in [0.15, 0.2) is 0 Å². The lowest BCUT2D eigenvalue weighted by molar-refractivity contribution is 0.0974. The van der Waals surface area contributed by atoms with Gasteiger partial charge in [0.1, 0.15) is 0 Å². The normalized spacial score (nSPS) is 13.3. The summed E-state index contributed by atoms with van der Waals surface area (Å²) >= 11 is 0. The quantitative estimate of drug-likeness (QED) is 0.354. The van der Waals surface area contributed by atoms with E-state index in [4.69, 9.17) is 9.47 Å². The second-order valence-electron chi connectivity index (χ2n) is 4.74. The van der Waals surface area contributed by atoms with Gasteiger partial charge in [0, 0.05) is 19.8 Å². The third-order valence-corrected chi connectivity index (χ3v) is 3.13. The minimum atomic E-state index is 0.756. The maximum Gasteiger partial charge on any atom is 0.0500 e. The molecule has 0 N–H and O–H groups in total. The topological polar surface area (TPSA) is 18.5 Å². The summed E-state index contributed by atoms with van der Waals surface area (Å²) in [7, 11) is 0. The highest BCUT2D eigenvalue weighted by molar-refractivity contribution is 4.81. The maximum absolute atomic E-state index is 5.73. The van der Waals surface area contributed by atoms with Crippen LogP contribution in [0.15, 0.2) is 12.2 Å². The van der Waals surface area contributed by atoms with E-state index in [0.717, 1.165) is 45.2 Å². The van der Waals surface area contributed by atoms with Gasteiger partial charge in [0.25, 0.3) is 0 Å². The second kappa shape index (κ2) is 14.7. The van der Waals surface area contributed by atoms with Gasteiger partial charge in [-0.3, -0.25) is 0 Å². The molecule has 0 bridgehead atoms. The molecule has 0 aromatic rings. The zero-order valence-corrected chi connectivity index (χ0v) is 12.6. The van der Waals surface area contributed by atoms with Crippen molar-refractivity contribution >= 4 is 0 Å². The highest BCUT2D eigenvalue weighted by Crippen LogP contribution is 2.12. The van der Waals surface area contributed by atoms with Crippen LogP contribution < -0.4 is 0 Å². The molecule has 1 unspecified atom stereocenters. The molecule has 1 atom stereocenters. The van der Waals surface area contributed by atoms with Crippen LogP contribution in [-0.2, 0) is 9.47 Å². The molecule has 0 heterocycles. The van der Waals surface area contributed by atoms with Crippen LogP contribution >= 0.6 is 0 Å². The van der Waals surface area contributed by atoms with Crippen LogP contribution in [0.2, 0.25) is 0 Å². The minimum Gasteiger partial charge on any atom is -0.381 e. The Morgan fingerprint density at radius 2 is 1.61 bits per heavy atom. The first-order valence-electron chi connectivity index (χ1n) is 7.65. The first kappa shape index (κ1) is 17.7. The molecule has 108 valence electrons. The maximum atomic E-state index is 5.73. The van der Waals surface area contributed by atoms with Crippen molar-refractivity contribution in [2.24, 2.45) is 5.92 Å².